The maximum atomic E-state index is 14.6. The van der Waals surface area contributed by atoms with Crippen LogP contribution in [0.15, 0.2) is 95.9 Å². The number of nitrogens with zero attached hydrogens (tertiary/aromatic N) is 2. The highest BCUT2D eigenvalue weighted by Crippen LogP contribution is 2.65. The molecule has 3 fully saturated rings. The molecule has 1 saturated carbocycles. The van der Waals surface area contributed by atoms with Gasteiger partial charge >= 0.3 is 0 Å². The molecule has 3 aromatic carbocycles. The van der Waals surface area contributed by atoms with Crippen LogP contribution in [0.2, 0.25) is 0 Å². The van der Waals surface area contributed by atoms with Gasteiger partial charge in [-0.25, -0.2) is 4.90 Å². The van der Waals surface area contributed by atoms with Crippen LogP contribution in [0, 0.1) is 29.1 Å². The lowest BCUT2D eigenvalue weighted by molar-refractivity contribution is -0.141. The number of fused-ring (bicyclic) bond motifs is 5. The van der Waals surface area contributed by atoms with Gasteiger partial charge in [0.2, 0.25) is 23.6 Å². The second kappa shape index (κ2) is 9.72. The lowest BCUT2D eigenvalue weighted by Crippen LogP contribution is -2.49. The molecule has 8 heteroatoms. The van der Waals surface area contributed by atoms with Crippen molar-refractivity contribution in [2.24, 2.45) is 29.1 Å². The zero-order chi connectivity index (χ0) is 30.3. The van der Waals surface area contributed by atoms with Crippen molar-refractivity contribution in [2.75, 3.05) is 4.90 Å². The number of thiophene rings is 1. The molecule has 2 saturated heterocycles. The zero-order valence-corrected chi connectivity index (χ0v) is 24.9. The van der Waals surface area contributed by atoms with E-state index in [1.165, 1.54) is 21.1 Å². The van der Waals surface area contributed by atoms with Crippen LogP contribution in [0.3, 0.4) is 0 Å². The topological polar surface area (TPSA) is 95.0 Å². The Kier molecular flexibility index (Phi) is 5.97. The summed E-state index contributed by atoms with van der Waals surface area (Å²) >= 11 is 1.51. The molecule has 2 aliphatic heterocycles. The van der Waals surface area contributed by atoms with E-state index >= 15 is 0 Å². The molecule has 4 aromatic rings. The van der Waals surface area contributed by atoms with Crippen molar-refractivity contribution >= 4 is 51.4 Å². The van der Waals surface area contributed by atoms with Crippen molar-refractivity contribution in [1.82, 2.24) is 4.90 Å². The molecule has 1 N–H and O–H groups in total. The van der Waals surface area contributed by atoms with E-state index in [4.69, 9.17) is 0 Å². The minimum atomic E-state index is -1.22. The molecule has 220 valence electrons. The van der Waals surface area contributed by atoms with E-state index in [-0.39, 0.29) is 42.3 Å². The Morgan fingerprint density at radius 1 is 0.864 bits per heavy atom. The Hall–Kier alpha value is -4.56. The number of imide groups is 2. The largest absolute Gasteiger partial charge is 0.508 e. The summed E-state index contributed by atoms with van der Waals surface area (Å²) in [6.07, 6.45) is 2.68. The number of hydrogen-bond acceptors (Lipinski definition) is 6. The molecule has 0 spiro atoms. The van der Waals surface area contributed by atoms with Crippen LogP contribution in [0.1, 0.15) is 36.1 Å². The predicted molar refractivity (Wildman–Crippen MR) is 167 cm³/mol. The Morgan fingerprint density at radius 3 is 2.41 bits per heavy atom. The first kappa shape index (κ1) is 27.0. The fraction of sp³-hybridized carbons (Fsp3) is 0.278. The molecule has 1 aromatic heterocycles. The molecule has 6 atom stereocenters. The monoisotopic (exact) mass is 602 g/mol. The fourth-order valence-electron chi connectivity index (χ4n) is 8.51. The van der Waals surface area contributed by atoms with Crippen LogP contribution in [0.4, 0.5) is 5.69 Å². The van der Waals surface area contributed by atoms with E-state index < -0.39 is 35.0 Å². The minimum Gasteiger partial charge on any atom is -0.508 e. The smallest absolute Gasteiger partial charge is 0.241 e. The van der Waals surface area contributed by atoms with Gasteiger partial charge in [-0.1, -0.05) is 66.2 Å². The average molecular weight is 603 g/mol. The highest BCUT2D eigenvalue weighted by atomic mass is 32.1. The Bertz CT molecular complexity index is 1900. The normalized spacial score (nSPS) is 29.6. The van der Waals surface area contributed by atoms with Crippen molar-refractivity contribution in [2.45, 2.75) is 32.2 Å². The number of para-hydroxylation sites is 1. The molecule has 0 unspecified atom stereocenters. The fourth-order valence-corrected chi connectivity index (χ4v) is 9.21. The van der Waals surface area contributed by atoms with E-state index in [0.29, 0.717) is 17.7 Å². The van der Waals surface area contributed by atoms with E-state index in [9.17, 15) is 24.3 Å². The summed E-state index contributed by atoms with van der Waals surface area (Å²) < 4.78 is 0. The number of carbonyl (C=O) groups is 4. The first-order valence-electron chi connectivity index (χ1n) is 15.0. The summed E-state index contributed by atoms with van der Waals surface area (Å²) in [5, 5.41) is 15.2. The van der Waals surface area contributed by atoms with Gasteiger partial charge in [0.15, 0.2) is 0 Å². The van der Waals surface area contributed by atoms with E-state index in [1.807, 2.05) is 66.9 Å². The van der Waals surface area contributed by atoms with Crippen LogP contribution in [0.25, 0.3) is 10.8 Å². The molecule has 3 heterocycles. The third-order valence-corrected chi connectivity index (χ3v) is 11.4. The number of allylic oxidation sites excluding steroid dienone is 2. The SMILES string of the molecule is C[C@@]12C(=O)N(c3ccccc3)C(=O)[C@@H]1C[C@@H]1C(=CC[C@@H]3C(=O)N(Cc4cccs4)C(=O)[C@@H]31)[C@@H]2c1c(O)ccc2ccccc12. The van der Waals surface area contributed by atoms with Gasteiger partial charge < -0.3 is 5.11 Å². The molecule has 44 heavy (non-hydrogen) atoms. The second-order valence-corrected chi connectivity index (χ2v) is 13.6. The van der Waals surface area contributed by atoms with Crippen LogP contribution < -0.4 is 4.90 Å². The molecular weight excluding hydrogens is 572 g/mol. The lowest BCUT2D eigenvalue weighted by Gasteiger charge is -2.49. The van der Waals surface area contributed by atoms with E-state index in [2.05, 4.69) is 0 Å². The van der Waals surface area contributed by atoms with Crippen molar-refractivity contribution in [1.29, 1.82) is 0 Å². The Balaban J connectivity index is 1.31. The van der Waals surface area contributed by atoms with Crippen molar-refractivity contribution in [3.05, 3.63) is 106 Å². The number of amides is 4. The molecule has 7 nitrogen and oxygen atoms in total. The molecule has 4 aliphatic rings. The van der Waals surface area contributed by atoms with Crippen molar-refractivity contribution < 1.29 is 24.3 Å². The highest BCUT2D eigenvalue weighted by Gasteiger charge is 2.68. The minimum absolute atomic E-state index is 0.0453. The molecule has 4 amide bonds. The Labute approximate surface area is 258 Å². The second-order valence-electron chi connectivity index (χ2n) is 12.6. The van der Waals surface area contributed by atoms with Gasteiger partial charge in [0, 0.05) is 16.4 Å². The first-order valence-corrected chi connectivity index (χ1v) is 15.9. The summed E-state index contributed by atoms with van der Waals surface area (Å²) in [4.78, 5) is 60.4. The summed E-state index contributed by atoms with van der Waals surface area (Å²) in [6, 6.07) is 24.0. The van der Waals surface area contributed by atoms with Crippen LogP contribution in [-0.4, -0.2) is 33.6 Å². The number of hydrogen-bond donors (Lipinski definition) is 1. The third-order valence-electron chi connectivity index (χ3n) is 10.5. The first-order chi connectivity index (χ1) is 21.3. The zero-order valence-electron chi connectivity index (χ0n) is 24.1. The third kappa shape index (κ3) is 3.60. The summed E-state index contributed by atoms with van der Waals surface area (Å²) in [6.45, 7) is 2.08. The number of anilines is 1. The van der Waals surface area contributed by atoms with Gasteiger partial charge in [-0.2, -0.15) is 0 Å². The van der Waals surface area contributed by atoms with E-state index in [1.54, 1.807) is 30.3 Å². The predicted octanol–water partition coefficient (Wildman–Crippen LogP) is 6.04. The van der Waals surface area contributed by atoms with Crippen LogP contribution in [0.5, 0.6) is 5.75 Å². The number of phenolic OH excluding ortho intramolecular Hbond substituents is 1. The number of phenols is 1. The molecule has 8 rings (SSSR count). The maximum absolute atomic E-state index is 14.6. The van der Waals surface area contributed by atoms with E-state index in [0.717, 1.165) is 21.2 Å². The molecular formula is C36H30N2O5S. The summed E-state index contributed by atoms with van der Waals surface area (Å²) in [5.41, 5.74) is 0.745. The van der Waals surface area contributed by atoms with Crippen molar-refractivity contribution in [3.63, 3.8) is 0 Å². The standard InChI is InChI=1S/C36H30N2O5S/c1-36-27(33(41)38(35(36)43)21-9-3-2-4-10-21)18-26-24(31(36)30-23-12-6-5-8-20(23)13-16-28(30)39)14-15-25-29(26)34(42)37(32(25)40)19-22-11-7-17-44-22/h2-14,16-17,25-27,29,31,39H,15,18-19H2,1H3/t25-,26+,27-,29-,31+,36+/m0/s1. The maximum Gasteiger partial charge on any atom is 0.241 e. The summed E-state index contributed by atoms with van der Waals surface area (Å²) in [5.74, 6) is -3.94. The molecule has 0 radical (unpaired) electrons. The lowest BCUT2D eigenvalue weighted by atomic mass is 9.51. The number of carbonyl (C=O) groups excluding carboxylic acids is 4. The van der Waals surface area contributed by atoms with Gasteiger partial charge in [0.05, 0.1) is 35.4 Å². The average Bonchev–Trinajstić information content (AvgIpc) is 3.69. The Morgan fingerprint density at radius 2 is 1.64 bits per heavy atom. The van der Waals surface area contributed by atoms with Gasteiger partial charge in [-0.05, 0) is 66.1 Å². The van der Waals surface area contributed by atoms with Gasteiger partial charge in [-0.3, -0.25) is 24.1 Å². The summed E-state index contributed by atoms with van der Waals surface area (Å²) in [7, 11) is 0. The van der Waals surface area contributed by atoms with Gasteiger partial charge in [-0.15, -0.1) is 11.3 Å². The highest BCUT2D eigenvalue weighted by molar-refractivity contribution is 7.09. The molecule has 0 bridgehead atoms. The quantitative estimate of drug-likeness (QED) is 0.227. The number of likely N-dealkylation sites (tertiary alicyclic amines) is 1. The van der Waals surface area contributed by atoms with Crippen molar-refractivity contribution in [3.8, 4) is 5.75 Å². The van der Waals surface area contributed by atoms with Crippen LogP contribution >= 0.6 is 11.3 Å². The van der Waals surface area contributed by atoms with Crippen LogP contribution in [-0.2, 0) is 25.7 Å². The number of benzene rings is 3. The van der Waals surface area contributed by atoms with Gasteiger partial charge in [0.1, 0.15) is 5.75 Å². The number of aromatic hydroxyl groups is 1. The number of rotatable bonds is 4. The molecule has 2 aliphatic carbocycles. The van der Waals surface area contributed by atoms with Gasteiger partial charge in [0.25, 0.3) is 0 Å².